The van der Waals surface area contributed by atoms with Crippen LogP contribution < -0.4 is 10.1 Å². The minimum Gasteiger partial charge on any atom is -0.472 e. The molecule has 2 amide bonds. The van der Waals surface area contributed by atoms with E-state index >= 15 is 0 Å². The first-order chi connectivity index (χ1) is 14.6. The number of furan rings is 1. The van der Waals surface area contributed by atoms with Crippen LogP contribution in [-0.2, 0) is 4.79 Å². The normalized spacial score (nSPS) is 14.4. The topological polar surface area (TPSA) is 84.7 Å². The van der Waals surface area contributed by atoms with Crippen LogP contribution in [0.4, 0.5) is 5.69 Å². The Labute approximate surface area is 182 Å². The van der Waals surface area contributed by atoms with Crippen LogP contribution in [0.25, 0.3) is 0 Å². The first-order valence-corrected chi connectivity index (χ1v) is 10.4. The van der Waals surface area contributed by atoms with Crippen molar-refractivity contribution in [1.82, 2.24) is 9.88 Å². The van der Waals surface area contributed by atoms with Crippen molar-refractivity contribution < 1.29 is 18.7 Å². The fourth-order valence-corrected chi connectivity index (χ4v) is 3.70. The average molecular weight is 470 g/mol. The molecule has 1 fully saturated rings. The SMILES string of the molecule is O=C(Nc1ccc(Oc2cccc(Br)c2)nc1)C1CCN(C(=O)c2ccoc2)CC1. The molecule has 3 heterocycles. The van der Waals surface area contributed by atoms with Crippen LogP contribution in [0.5, 0.6) is 11.6 Å². The second-order valence-corrected chi connectivity index (χ2v) is 7.93. The molecule has 1 aliphatic rings. The van der Waals surface area contributed by atoms with Crippen molar-refractivity contribution in [2.24, 2.45) is 5.92 Å². The van der Waals surface area contributed by atoms with Crippen LogP contribution >= 0.6 is 15.9 Å². The Hall–Kier alpha value is -3.13. The number of halogens is 1. The number of nitrogens with one attached hydrogen (secondary N) is 1. The Kier molecular flexibility index (Phi) is 6.13. The summed E-state index contributed by atoms with van der Waals surface area (Å²) in [6.07, 6.45) is 5.73. The van der Waals surface area contributed by atoms with Gasteiger partial charge in [0, 0.05) is 29.5 Å². The monoisotopic (exact) mass is 469 g/mol. The number of amides is 2. The summed E-state index contributed by atoms with van der Waals surface area (Å²) >= 11 is 3.40. The maximum Gasteiger partial charge on any atom is 0.257 e. The third-order valence-electron chi connectivity index (χ3n) is 4.94. The Morgan fingerprint density at radius 2 is 2.00 bits per heavy atom. The van der Waals surface area contributed by atoms with Gasteiger partial charge in [-0.25, -0.2) is 4.98 Å². The molecule has 0 bridgehead atoms. The number of hydrogen-bond acceptors (Lipinski definition) is 5. The van der Waals surface area contributed by atoms with Gasteiger partial charge in [-0.3, -0.25) is 9.59 Å². The number of carbonyl (C=O) groups is 2. The summed E-state index contributed by atoms with van der Waals surface area (Å²) in [6.45, 7) is 1.08. The van der Waals surface area contributed by atoms with Gasteiger partial charge in [-0.2, -0.15) is 0 Å². The smallest absolute Gasteiger partial charge is 0.257 e. The number of ether oxygens (including phenoxy) is 1. The highest BCUT2D eigenvalue weighted by Crippen LogP contribution is 2.25. The molecule has 7 nitrogen and oxygen atoms in total. The quantitative estimate of drug-likeness (QED) is 0.584. The third kappa shape index (κ3) is 4.88. The van der Waals surface area contributed by atoms with Crippen molar-refractivity contribution in [3.8, 4) is 11.6 Å². The minimum absolute atomic E-state index is 0.0622. The van der Waals surface area contributed by atoms with Crippen molar-refractivity contribution in [3.05, 3.63) is 71.2 Å². The second kappa shape index (κ2) is 9.13. The van der Waals surface area contributed by atoms with Gasteiger partial charge >= 0.3 is 0 Å². The number of nitrogens with zero attached hydrogens (tertiary/aromatic N) is 2. The Bertz CT molecular complexity index is 1010. The summed E-state index contributed by atoms with van der Waals surface area (Å²) in [7, 11) is 0. The van der Waals surface area contributed by atoms with E-state index in [-0.39, 0.29) is 17.7 Å². The molecule has 4 rings (SSSR count). The van der Waals surface area contributed by atoms with Gasteiger partial charge in [0.25, 0.3) is 5.91 Å². The maximum atomic E-state index is 12.6. The predicted molar refractivity (Wildman–Crippen MR) is 114 cm³/mol. The zero-order valence-electron chi connectivity index (χ0n) is 16.1. The molecule has 0 spiro atoms. The Balaban J connectivity index is 1.28. The lowest BCUT2D eigenvalue weighted by molar-refractivity contribution is -0.121. The van der Waals surface area contributed by atoms with E-state index in [9.17, 15) is 9.59 Å². The van der Waals surface area contributed by atoms with Crippen LogP contribution in [0.15, 0.2) is 70.1 Å². The van der Waals surface area contributed by atoms with Gasteiger partial charge in [0.1, 0.15) is 12.0 Å². The molecule has 154 valence electrons. The summed E-state index contributed by atoms with van der Waals surface area (Å²) in [5, 5.41) is 2.90. The average Bonchev–Trinajstić information content (AvgIpc) is 3.30. The molecule has 0 aliphatic carbocycles. The lowest BCUT2D eigenvalue weighted by atomic mass is 9.95. The number of anilines is 1. The van der Waals surface area contributed by atoms with E-state index in [1.807, 2.05) is 24.3 Å². The molecular formula is C22H20BrN3O4. The number of hydrogen-bond donors (Lipinski definition) is 1. The molecule has 0 atom stereocenters. The number of benzene rings is 1. The van der Waals surface area contributed by atoms with Crippen molar-refractivity contribution in [2.45, 2.75) is 12.8 Å². The van der Waals surface area contributed by atoms with Crippen molar-refractivity contribution in [3.63, 3.8) is 0 Å². The first kappa shape index (κ1) is 20.2. The highest BCUT2D eigenvalue weighted by molar-refractivity contribution is 9.10. The van der Waals surface area contributed by atoms with Crippen molar-refractivity contribution in [2.75, 3.05) is 18.4 Å². The molecule has 1 aliphatic heterocycles. The molecule has 8 heteroatoms. The van der Waals surface area contributed by atoms with Crippen LogP contribution in [0.1, 0.15) is 23.2 Å². The van der Waals surface area contributed by atoms with Crippen LogP contribution in [0.3, 0.4) is 0 Å². The largest absolute Gasteiger partial charge is 0.472 e. The van der Waals surface area contributed by atoms with Crippen LogP contribution in [0, 0.1) is 5.92 Å². The molecule has 30 heavy (non-hydrogen) atoms. The Morgan fingerprint density at radius 1 is 1.17 bits per heavy atom. The van der Waals surface area contributed by atoms with Crippen molar-refractivity contribution in [1.29, 1.82) is 0 Å². The predicted octanol–water partition coefficient (Wildman–Crippen LogP) is 4.72. The lowest BCUT2D eigenvalue weighted by Gasteiger charge is -2.31. The van der Waals surface area contributed by atoms with E-state index in [0.717, 1.165) is 4.47 Å². The van der Waals surface area contributed by atoms with Crippen molar-refractivity contribution >= 4 is 33.4 Å². The molecule has 3 aromatic rings. The molecule has 1 saturated heterocycles. The van der Waals surface area contributed by atoms with Gasteiger partial charge in [-0.1, -0.05) is 22.0 Å². The van der Waals surface area contributed by atoms with Crippen LogP contribution in [0.2, 0.25) is 0 Å². The van der Waals surface area contributed by atoms with E-state index in [1.165, 1.54) is 12.5 Å². The first-order valence-electron chi connectivity index (χ1n) is 9.60. The molecule has 2 aromatic heterocycles. The van der Waals surface area contributed by atoms with E-state index in [2.05, 4.69) is 26.2 Å². The molecule has 0 saturated carbocycles. The highest BCUT2D eigenvalue weighted by Gasteiger charge is 2.28. The fraction of sp³-hybridized carbons (Fsp3) is 0.227. The van der Waals surface area contributed by atoms with Gasteiger partial charge in [0.2, 0.25) is 11.8 Å². The van der Waals surface area contributed by atoms with E-state index < -0.39 is 0 Å². The third-order valence-corrected chi connectivity index (χ3v) is 5.44. The highest BCUT2D eigenvalue weighted by atomic mass is 79.9. The zero-order valence-corrected chi connectivity index (χ0v) is 17.7. The van der Waals surface area contributed by atoms with Gasteiger partial charge in [0.05, 0.1) is 23.7 Å². The summed E-state index contributed by atoms with van der Waals surface area (Å²) in [5.74, 6) is 0.847. The zero-order chi connectivity index (χ0) is 20.9. The lowest BCUT2D eigenvalue weighted by Crippen LogP contribution is -2.41. The molecule has 1 aromatic carbocycles. The van der Waals surface area contributed by atoms with Crippen LogP contribution in [-0.4, -0.2) is 34.8 Å². The van der Waals surface area contributed by atoms with Gasteiger partial charge in [-0.15, -0.1) is 0 Å². The van der Waals surface area contributed by atoms with Gasteiger partial charge in [-0.05, 0) is 43.2 Å². The van der Waals surface area contributed by atoms with E-state index in [4.69, 9.17) is 9.15 Å². The number of rotatable bonds is 5. The molecule has 0 unspecified atom stereocenters. The molecular weight excluding hydrogens is 450 g/mol. The van der Waals surface area contributed by atoms with Gasteiger partial charge < -0.3 is 19.4 Å². The Morgan fingerprint density at radius 3 is 2.67 bits per heavy atom. The maximum absolute atomic E-state index is 12.6. The number of pyridine rings is 1. The van der Waals surface area contributed by atoms with E-state index in [1.54, 1.807) is 29.3 Å². The number of aromatic nitrogens is 1. The number of carbonyl (C=O) groups excluding carboxylic acids is 2. The fourth-order valence-electron chi connectivity index (χ4n) is 3.32. The molecule has 1 N–H and O–H groups in total. The number of likely N-dealkylation sites (tertiary alicyclic amines) is 1. The number of piperidine rings is 1. The second-order valence-electron chi connectivity index (χ2n) is 7.01. The standard InChI is InChI=1S/C22H20BrN3O4/c23-17-2-1-3-19(12-17)30-20-5-4-18(13-24-20)25-21(27)15-6-9-26(10-7-15)22(28)16-8-11-29-14-16/h1-5,8,11-15H,6-7,9-10H2,(H,25,27). The summed E-state index contributed by atoms with van der Waals surface area (Å²) in [4.78, 5) is 31.0. The minimum atomic E-state index is -0.143. The summed E-state index contributed by atoms with van der Waals surface area (Å²) < 4.78 is 11.6. The summed E-state index contributed by atoms with van der Waals surface area (Å²) in [5.41, 5.74) is 1.15. The van der Waals surface area contributed by atoms with Gasteiger partial charge in [0.15, 0.2) is 0 Å². The summed E-state index contributed by atoms with van der Waals surface area (Å²) in [6, 6.07) is 12.6. The molecule has 0 radical (unpaired) electrons. The van der Waals surface area contributed by atoms with E-state index in [0.29, 0.717) is 48.8 Å².